The molecule has 0 aliphatic heterocycles. The first kappa shape index (κ1) is 23.6. The summed E-state index contributed by atoms with van der Waals surface area (Å²) in [5.41, 5.74) is 3.16. The Kier molecular flexibility index (Phi) is 7.42. The molecule has 4 aromatic rings. The largest absolute Gasteiger partial charge is 0.497 e. The number of hydrogen-bond acceptors (Lipinski definition) is 5. The van der Waals surface area contributed by atoms with Crippen LogP contribution in [0, 0.1) is 0 Å². The molecule has 0 unspecified atom stereocenters. The molecule has 0 spiro atoms. The second-order valence-corrected chi connectivity index (χ2v) is 7.86. The number of fused-ring (bicyclic) bond motifs is 1. The van der Waals surface area contributed by atoms with Gasteiger partial charge in [-0.1, -0.05) is 24.3 Å². The van der Waals surface area contributed by atoms with Crippen LogP contribution >= 0.6 is 0 Å². The predicted molar refractivity (Wildman–Crippen MR) is 134 cm³/mol. The summed E-state index contributed by atoms with van der Waals surface area (Å²) < 4.78 is 12.9. The van der Waals surface area contributed by atoms with Gasteiger partial charge in [0.25, 0.3) is 0 Å². The van der Waals surface area contributed by atoms with E-state index >= 15 is 0 Å². The Labute approximate surface area is 203 Å². The Hall–Kier alpha value is -4.59. The van der Waals surface area contributed by atoms with E-state index in [9.17, 15) is 9.59 Å². The van der Waals surface area contributed by atoms with Crippen LogP contribution in [0.25, 0.3) is 11.7 Å². The first-order chi connectivity index (χ1) is 17.0. The Morgan fingerprint density at radius 1 is 1.06 bits per heavy atom. The second kappa shape index (κ2) is 11.0. The number of likely N-dealkylation sites (N-methyl/N-ethyl adjacent to an activating group) is 1. The van der Waals surface area contributed by atoms with Crippen molar-refractivity contribution in [3.8, 4) is 11.5 Å². The molecule has 0 aliphatic rings. The molecule has 2 aromatic carbocycles. The summed E-state index contributed by atoms with van der Waals surface area (Å²) in [7, 11) is 3.14. The average Bonchev–Trinajstić information content (AvgIpc) is 3.29. The number of nitrogens with one attached hydrogen (secondary N) is 1. The number of anilines is 1. The third-order valence-corrected chi connectivity index (χ3v) is 5.21. The van der Waals surface area contributed by atoms with Gasteiger partial charge in [-0.2, -0.15) is 0 Å². The van der Waals surface area contributed by atoms with E-state index in [1.165, 1.54) is 11.0 Å². The Balaban J connectivity index is 1.25. The third kappa shape index (κ3) is 6.48. The van der Waals surface area contributed by atoms with Gasteiger partial charge in [0.2, 0.25) is 11.8 Å². The van der Waals surface area contributed by atoms with Crippen molar-refractivity contribution in [3.05, 3.63) is 96.5 Å². The van der Waals surface area contributed by atoms with Gasteiger partial charge in [0.15, 0.2) is 0 Å². The molecule has 2 aromatic heterocycles. The van der Waals surface area contributed by atoms with E-state index in [-0.39, 0.29) is 18.4 Å². The summed E-state index contributed by atoms with van der Waals surface area (Å²) in [5.74, 6) is 0.770. The van der Waals surface area contributed by atoms with Gasteiger partial charge < -0.3 is 24.1 Å². The van der Waals surface area contributed by atoms with Crippen LogP contribution in [0.4, 0.5) is 5.69 Å². The molecule has 0 fully saturated rings. The number of pyridine rings is 1. The van der Waals surface area contributed by atoms with Crippen molar-refractivity contribution < 1.29 is 19.1 Å². The number of aromatic nitrogens is 2. The fourth-order valence-corrected chi connectivity index (χ4v) is 3.38. The number of benzene rings is 2. The average molecular weight is 471 g/mol. The SMILES string of the molecule is COc1cccc(NC(=O)CN(C)C(=O)/C=C/c2ccc(OCc3cn4ccccc4n3)cc2)c1. The third-order valence-electron chi connectivity index (χ3n) is 5.21. The smallest absolute Gasteiger partial charge is 0.246 e. The van der Waals surface area contributed by atoms with E-state index in [0.29, 0.717) is 23.8 Å². The Morgan fingerprint density at radius 3 is 2.66 bits per heavy atom. The monoisotopic (exact) mass is 470 g/mol. The van der Waals surface area contributed by atoms with Crippen LogP contribution in [-0.4, -0.2) is 46.8 Å². The van der Waals surface area contributed by atoms with Crippen molar-refractivity contribution >= 4 is 29.2 Å². The number of imidazole rings is 1. The molecular formula is C27H26N4O4. The zero-order valence-corrected chi connectivity index (χ0v) is 19.5. The highest BCUT2D eigenvalue weighted by Gasteiger charge is 2.11. The number of rotatable bonds is 9. The number of methoxy groups -OCH3 is 1. The first-order valence-electron chi connectivity index (χ1n) is 11.0. The quantitative estimate of drug-likeness (QED) is 0.373. The fraction of sp³-hybridized carbons (Fsp3) is 0.148. The van der Waals surface area contributed by atoms with Crippen LogP contribution < -0.4 is 14.8 Å². The van der Waals surface area contributed by atoms with Gasteiger partial charge in [0, 0.05) is 37.3 Å². The van der Waals surface area contributed by atoms with Crippen molar-refractivity contribution in [1.29, 1.82) is 0 Å². The minimum Gasteiger partial charge on any atom is -0.497 e. The summed E-state index contributed by atoms with van der Waals surface area (Å²) in [6, 6.07) is 20.3. The lowest BCUT2D eigenvalue weighted by atomic mass is 10.2. The molecule has 2 heterocycles. The summed E-state index contributed by atoms with van der Waals surface area (Å²) >= 11 is 0. The number of ether oxygens (including phenoxy) is 2. The van der Waals surface area contributed by atoms with Gasteiger partial charge in [0.05, 0.1) is 19.3 Å². The Bertz CT molecular complexity index is 1310. The van der Waals surface area contributed by atoms with Crippen molar-refractivity contribution in [2.24, 2.45) is 0 Å². The zero-order valence-electron chi connectivity index (χ0n) is 19.5. The number of amides is 2. The number of hydrogen-bond donors (Lipinski definition) is 1. The highest BCUT2D eigenvalue weighted by Crippen LogP contribution is 2.17. The number of carbonyl (C=O) groups excluding carboxylic acids is 2. The van der Waals surface area contributed by atoms with Crippen LogP contribution in [0.15, 0.2) is 85.2 Å². The van der Waals surface area contributed by atoms with Crippen LogP contribution in [0.2, 0.25) is 0 Å². The summed E-state index contributed by atoms with van der Waals surface area (Å²) in [4.78, 5) is 30.5. The first-order valence-corrected chi connectivity index (χ1v) is 11.0. The highest BCUT2D eigenvalue weighted by molar-refractivity contribution is 5.98. The van der Waals surface area contributed by atoms with E-state index in [1.54, 1.807) is 44.5 Å². The maximum atomic E-state index is 12.4. The number of nitrogens with zero attached hydrogens (tertiary/aromatic N) is 3. The second-order valence-electron chi connectivity index (χ2n) is 7.86. The normalized spacial score (nSPS) is 10.9. The van der Waals surface area contributed by atoms with E-state index < -0.39 is 0 Å². The molecule has 0 saturated heterocycles. The summed E-state index contributed by atoms with van der Waals surface area (Å²) in [5, 5.41) is 2.76. The summed E-state index contributed by atoms with van der Waals surface area (Å²) in [6.07, 6.45) is 7.01. The van der Waals surface area contributed by atoms with E-state index in [4.69, 9.17) is 9.47 Å². The standard InChI is InChI=1S/C27H26N4O4/c1-30(18-26(32)29-21-6-5-7-24(16-21)34-2)27(33)14-11-20-9-12-23(13-10-20)35-19-22-17-31-15-4-3-8-25(31)28-22/h3-17H,18-19H2,1-2H3,(H,29,32)/b14-11+. The van der Waals surface area contributed by atoms with Gasteiger partial charge in [-0.05, 0) is 48.0 Å². The van der Waals surface area contributed by atoms with E-state index in [2.05, 4.69) is 10.3 Å². The molecule has 1 N–H and O–H groups in total. The fourth-order valence-electron chi connectivity index (χ4n) is 3.38. The van der Waals surface area contributed by atoms with Gasteiger partial charge in [0.1, 0.15) is 23.8 Å². The van der Waals surface area contributed by atoms with Crippen molar-refractivity contribution in [3.63, 3.8) is 0 Å². The van der Waals surface area contributed by atoms with E-state index in [0.717, 1.165) is 16.9 Å². The molecule has 2 amide bonds. The lowest BCUT2D eigenvalue weighted by molar-refractivity contribution is -0.129. The number of carbonyl (C=O) groups is 2. The summed E-state index contributed by atoms with van der Waals surface area (Å²) in [6.45, 7) is 0.286. The van der Waals surface area contributed by atoms with Crippen LogP contribution in [0.3, 0.4) is 0 Å². The van der Waals surface area contributed by atoms with Gasteiger partial charge >= 0.3 is 0 Å². The van der Waals surface area contributed by atoms with Gasteiger partial charge in [-0.15, -0.1) is 0 Å². The van der Waals surface area contributed by atoms with Crippen LogP contribution in [0.5, 0.6) is 11.5 Å². The van der Waals surface area contributed by atoms with Crippen molar-refractivity contribution in [1.82, 2.24) is 14.3 Å². The minimum atomic E-state index is -0.297. The maximum absolute atomic E-state index is 12.4. The van der Waals surface area contributed by atoms with Crippen LogP contribution in [-0.2, 0) is 16.2 Å². The molecule has 0 saturated carbocycles. The topological polar surface area (TPSA) is 85.2 Å². The predicted octanol–water partition coefficient (Wildman–Crippen LogP) is 4.03. The van der Waals surface area contributed by atoms with Gasteiger partial charge in [-0.25, -0.2) is 4.98 Å². The van der Waals surface area contributed by atoms with E-state index in [1.807, 2.05) is 59.3 Å². The molecule has 35 heavy (non-hydrogen) atoms. The minimum absolute atomic E-state index is 0.0732. The molecule has 8 heteroatoms. The van der Waals surface area contributed by atoms with Crippen LogP contribution in [0.1, 0.15) is 11.3 Å². The molecule has 0 bridgehead atoms. The maximum Gasteiger partial charge on any atom is 0.246 e. The lowest BCUT2D eigenvalue weighted by Crippen LogP contribution is -2.33. The van der Waals surface area contributed by atoms with Crippen molar-refractivity contribution in [2.75, 3.05) is 26.0 Å². The molecule has 0 aliphatic carbocycles. The molecule has 178 valence electrons. The highest BCUT2D eigenvalue weighted by atomic mass is 16.5. The van der Waals surface area contributed by atoms with Crippen molar-refractivity contribution in [2.45, 2.75) is 6.61 Å². The van der Waals surface area contributed by atoms with Gasteiger partial charge in [-0.3, -0.25) is 9.59 Å². The molecular weight excluding hydrogens is 444 g/mol. The molecule has 0 atom stereocenters. The molecule has 8 nitrogen and oxygen atoms in total. The Morgan fingerprint density at radius 2 is 1.89 bits per heavy atom. The lowest BCUT2D eigenvalue weighted by Gasteiger charge is -2.15. The molecule has 4 rings (SSSR count). The molecule has 0 radical (unpaired) electrons. The zero-order chi connectivity index (χ0) is 24.6.